The van der Waals surface area contributed by atoms with Crippen molar-refractivity contribution in [3.05, 3.63) is 77.4 Å². The summed E-state index contributed by atoms with van der Waals surface area (Å²) in [6, 6.07) is 22.4. The molecular weight excluding hydrogens is 302 g/mol. The number of para-hydroxylation sites is 1. The molecule has 4 aromatic rings. The molecule has 1 heterocycles. The summed E-state index contributed by atoms with van der Waals surface area (Å²) < 4.78 is 2.43. The smallest absolute Gasteiger partial charge is 0.0541 e. The molecule has 1 aromatic heterocycles. The second-order valence-electron chi connectivity index (χ2n) is 8.14. The van der Waals surface area contributed by atoms with Crippen LogP contribution in [-0.2, 0) is 5.41 Å². The van der Waals surface area contributed by atoms with Crippen molar-refractivity contribution in [1.29, 1.82) is 0 Å². The van der Waals surface area contributed by atoms with Gasteiger partial charge in [0.1, 0.15) is 0 Å². The Morgan fingerprint density at radius 1 is 0.680 bits per heavy atom. The Bertz CT molecular complexity index is 1030. The third-order valence-electron chi connectivity index (χ3n) is 5.03. The first-order valence-corrected chi connectivity index (χ1v) is 8.97. The minimum absolute atomic E-state index is 0.0922. The molecule has 0 N–H and O–H groups in total. The normalized spacial score (nSPS) is 12.2. The first-order valence-electron chi connectivity index (χ1n) is 8.97. The summed E-state index contributed by atoms with van der Waals surface area (Å²) in [4.78, 5) is 0. The molecule has 1 nitrogen and oxygen atoms in total. The Hall–Kier alpha value is -2.54. The van der Waals surface area contributed by atoms with Crippen LogP contribution in [0.3, 0.4) is 0 Å². The van der Waals surface area contributed by atoms with E-state index in [1.165, 1.54) is 44.2 Å². The van der Waals surface area contributed by atoms with E-state index < -0.39 is 0 Å². The zero-order chi connectivity index (χ0) is 17.8. The monoisotopic (exact) mass is 327 g/mol. The van der Waals surface area contributed by atoms with Gasteiger partial charge in [-0.25, -0.2) is 0 Å². The van der Waals surface area contributed by atoms with Crippen molar-refractivity contribution < 1.29 is 0 Å². The van der Waals surface area contributed by atoms with Crippen LogP contribution in [0.5, 0.6) is 0 Å². The first-order chi connectivity index (χ1) is 11.9. The Labute approximate surface area is 149 Å². The number of benzene rings is 3. The van der Waals surface area contributed by atoms with Crippen molar-refractivity contribution in [1.82, 2.24) is 4.57 Å². The maximum absolute atomic E-state index is 2.43. The minimum Gasteiger partial charge on any atom is -0.309 e. The van der Waals surface area contributed by atoms with Gasteiger partial charge in [-0.05, 0) is 55.2 Å². The lowest BCUT2D eigenvalue weighted by atomic mass is 9.85. The topological polar surface area (TPSA) is 4.93 Å². The van der Waals surface area contributed by atoms with Crippen LogP contribution in [-0.4, -0.2) is 4.57 Å². The predicted molar refractivity (Wildman–Crippen MR) is 109 cm³/mol. The summed E-state index contributed by atoms with van der Waals surface area (Å²) in [6.45, 7) is 11.2. The molecule has 3 aromatic carbocycles. The van der Waals surface area contributed by atoms with Gasteiger partial charge in [0.25, 0.3) is 0 Å². The maximum Gasteiger partial charge on any atom is 0.0541 e. The molecule has 0 aliphatic heterocycles. The van der Waals surface area contributed by atoms with Crippen molar-refractivity contribution in [3.8, 4) is 5.69 Å². The third kappa shape index (κ3) is 2.55. The number of nitrogens with zero attached hydrogens (tertiary/aromatic N) is 1. The number of aryl methyl sites for hydroxylation is 2. The fourth-order valence-corrected chi connectivity index (χ4v) is 3.81. The molecule has 0 aliphatic carbocycles. The van der Waals surface area contributed by atoms with Gasteiger partial charge in [-0.15, -0.1) is 0 Å². The van der Waals surface area contributed by atoms with Crippen molar-refractivity contribution in [3.63, 3.8) is 0 Å². The highest BCUT2D eigenvalue weighted by molar-refractivity contribution is 6.09. The molecule has 0 amide bonds. The molecule has 0 spiro atoms. The van der Waals surface area contributed by atoms with Gasteiger partial charge in [-0.3, -0.25) is 0 Å². The molecule has 0 unspecified atom stereocenters. The van der Waals surface area contributed by atoms with Gasteiger partial charge < -0.3 is 4.57 Å². The molecule has 126 valence electrons. The SMILES string of the molecule is Cc1ccc2c(c1)c1cc(C)ccc1n2-c1ccccc1C(C)(C)C. The van der Waals surface area contributed by atoms with Crippen molar-refractivity contribution in [2.45, 2.75) is 40.0 Å². The molecule has 0 saturated carbocycles. The quantitative estimate of drug-likeness (QED) is 0.366. The lowest BCUT2D eigenvalue weighted by Crippen LogP contribution is -2.15. The van der Waals surface area contributed by atoms with Gasteiger partial charge in [0, 0.05) is 16.5 Å². The number of hydrogen-bond acceptors (Lipinski definition) is 0. The van der Waals surface area contributed by atoms with E-state index in [1.54, 1.807) is 0 Å². The van der Waals surface area contributed by atoms with Gasteiger partial charge in [0.2, 0.25) is 0 Å². The lowest BCUT2D eigenvalue weighted by Gasteiger charge is -2.24. The number of hydrogen-bond donors (Lipinski definition) is 0. The van der Waals surface area contributed by atoms with E-state index in [9.17, 15) is 0 Å². The number of fused-ring (bicyclic) bond motifs is 3. The molecule has 4 rings (SSSR count). The molecule has 0 aliphatic rings. The molecule has 25 heavy (non-hydrogen) atoms. The van der Waals surface area contributed by atoms with Gasteiger partial charge in [0.05, 0.1) is 11.0 Å². The van der Waals surface area contributed by atoms with Crippen molar-refractivity contribution in [2.75, 3.05) is 0 Å². The molecular formula is C24H25N. The standard InChI is InChI=1S/C24H25N/c1-16-10-12-21-18(14-16)19-15-17(2)11-13-22(19)25(21)23-9-7-6-8-20(23)24(3,4)5/h6-15H,1-5H3. The van der Waals surface area contributed by atoms with Crippen molar-refractivity contribution in [2.24, 2.45) is 0 Å². The highest BCUT2D eigenvalue weighted by atomic mass is 15.0. The number of aromatic nitrogens is 1. The Kier molecular flexibility index (Phi) is 3.50. The van der Waals surface area contributed by atoms with Gasteiger partial charge in [-0.1, -0.05) is 62.2 Å². The fraction of sp³-hybridized carbons (Fsp3) is 0.250. The summed E-state index contributed by atoms with van der Waals surface area (Å²) in [7, 11) is 0. The lowest BCUT2D eigenvalue weighted by molar-refractivity contribution is 0.587. The molecule has 1 heteroatoms. The van der Waals surface area contributed by atoms with Gasteiger partial charge in [0.15, 0.2) is 0 Å². The average Bonchev–Trinajstić information content (AvgIpc) is 2.87. The van der Waals surface area contributed by atoms with E-state index in [0.717, 1.165) is 0 Å². The summed E-state index contributed by atoms with van der Waals surface area (Å²) >= 11 is 0. The largest absolute Gasteiger partial charge is 0.309 e. The Morgan fingerprint density at radius 2 is 1.20 bits per heavy atom. The summed E-state index contributed by atoms with van der Waals surface area (Å²) in [5.41, 5.74) is 7.91. The van der Waals surface area contributed by atoms with Crippen LogP contribution < -0.4 is 0 Å². The van der Waals surface area contributed by atoms with Gasteiger partial charge in [-0.2, -0.15) is 0 Å². The second kappa shape index (κ2) is 5.49. The average molecular weight is 327 g/mol. The van der Waals surface area contributed by atoms with Crippen molar-refractivity contribution >= 4 is 21.8 Å². The minimum atomic E-state index is 0.0922. The molecule has 0 radical (unpaired) electrons. The van der Waals surface area contributed by atoms with E-state index in [2.05, 4.69) is 99.8 Å². The van der Waals surface area contributed by atoms with E-state index in [-0.39, 0.29) is 5.41 Å². The zero-order valence-corrected chi connectivity index (χ0v) is 15.7. The maximum atomic E-state index is 2.43. The number of rotatable bonds is 1. The second-order valence-corrected chi connectivity index (χ2v) is 8.14. The molecule has 0 atom stereocenters. The fourth-order valence-electron chi connectivity index (χ4n) is 3.81. The van der Waals surface area contributed by atoms with Crippen LogP contribution in [0.1, 0.15) is 37.5 Å². The Morgan fingerprint density at radius 3 is 1.72 bits per heavy atom. The molecule has 0 bridgehead atoms. The Balaban J connectivity index is 2.19. The summed E-state index contributed by atoms with van der Waals surface area (Å²) in [6.07, 6.45) is 0. The highest BCUT2D eigenvalue weighted by Gasteiger charge is 2.21. The van der Waals surface area contributed by atoms with Crippen LogP contribution in [0.4, 0.5) is 0 Å². The van der Waals surface area contributed by atoms with Crippen LogP contribution >= 0.6 is 0 Å². The third-order valence-corrected chi connectivity index (χ3v) is 5.03. The summed E-state index contributed by atoms with van der Waals surface area (Å²) in [5.74, 6) is 0. The van der Waals surface area contributed by atoms with Crippen LogP contribution in [0.2, 0.25) is 0 Å². The van der Waals surface area contributed by atoms with Crippen LogP contribution in [0.25, 0.3) is 27.5 Å². The summed E-state index contributed by atoms with van der Waals surface area (Å²) in [5, 5.41) is 2.67. The highest BCUT2D eigenvalue weighted by Crippen LogP contribution is 2.36. The van der Waals surface area contributed by atoms with E-state index >= 15 is 0 Å². The molecule has 0 saturated heterocycles. The van der Waals surface area contributed by atoms with Crippen LogP contribution in [0.15, 0.2) is 60.7 Å². The van der Waals surface area contributed by atoms with E-state index in [4.69, 9.17) is 0 Å². The van der Waals surface area contributed by atoms with E-state index in [0.29, 0.717) is 0 Å². The van der Waals surface area contributed by atoms with Crippen LogP contribution in [0, 0.1) is 13.8 Å². The van der Waals surface area contributed by atoms with Gasteiger partial charge >= 0.3 is 0 Å². The first kappa shape index (κ1) is 16.0. The predicted octanol–water partition coefficient (Wildman–Crippen LogP) is 6.70. The molecule has 0 fully saturated rings. The zero-order valence-electron chi connectivity index (χ0n) is 15.7. The van der Waals surface area contributed by atoms with E-state index in [1.807, 2.05) is 0 Å².